The largest absolute Gasteiger partial charge is 0.465 e. The van der Waals surface area contributed by atoms with Crippen molar-refractivity contribution in [3.63, 3.8) is 0 Å². The van der Waals surface area contributed by atoms with Gasteiger partial charge in [-0.05, 0) is 34.5 Å². The van der Waals surface area contributed by atoms with E-state index < -0.39 is 0 Å². The lowest BCUT2D eigenvalue weighted by Gasteiger charge is -2.03. The molecule has 0 aromatic carbocycles. The molecule has 0 spiro atoms. The molecule has 2 rings (SSSR count). The number of ether oxygens (including phenoxy) is 1. The molecule has 0 unspecified atom stereocenters. The Labute approximate surface area is 108 Å². The second-order valence-electron chi connectivity index (χ2n) is 3.73. The van der Waals surface area contributed by atoms with E-state index in [0.717, 1.165) is 28.8 Å². The minimum atomic E-state index is -0.334. The van der Waals surface area contributed by atoms with E-state index >= 15 is 0 Å². The quantitative estimate of drug-likeness (QED) is 0.818. The molecule has 0 amide bonds. The van der Waals surface area contributed by atoms with Gasteiger partial charge in [0.2, 0.25) is 0 Å². The molecule has 0 aliphatic heterocycles. The van der Waals surface area contributed by atoms with Crippen molar-refractivity contribution in [2.75, 3.05) is 7.11 Å². The van der Waals surface area contributed by atoms with E-state index in [2.05, 4.69) is 27.8 Å². The summed E-state index contributed by atoms with van der Waals surface area (Å²) in [5.74, 6) is 0.610. The first kappa shape index (κ1) is 12.1. The third-order valence-electron chi connectivity index (χ3n) is 2.56. The molecule has 0 fully saturated rings. The molecule has 2 heterocycles. The topological polar surface area (TPSA) is 43.6 Å². The lowest BCUT2D eigenvalue weighted by molar-refractivity contribution is 0.0600. The molecule has 0 aliphatic rings. The number of methoxy groups -OCH3 is 1. The molecule has 0 aliphatic carbocycles. The lowest BCUT2D eigenvalue weighted by atomic mass is 10.2. The number of esters is 1. The number of pyridine rings is 1. The molecule has 0 N–H and O–H groups in total. The summed E-state index contributed by atoms with van der Waals surface area (Å²) in [6, 6.07) is 3.60. The van der Waals surface area contributed by atoms with Crippen molar-refractivity contribution >= 4 is 27.4 Å². The first-order valence-corrected chi connectivity index (χ1v) is 6.21. The maximum absolute atomic E-state index is 11.5. The summed E-state index contributed by atoms with van der Waals surface area (Å²) in [6.45, 7) is 2.10. The summed E-state index contributed by atoms with van der Waals surface area (Å²) in [6.07, 6.45) is 3.65. The molecule has 2 aromatic heterocycles. The summed E-state index contributed by atoms with van der Waals surface area (Å²) in [4.78, 5) is 15.9. The Balaban J connectivity index is 2.57. The number of aromatic nitrogens is 2. The molecular weight excluding hydrogens is 284 g/mol. The van der Waals surface area contributed by atoms with E-state index in [9.17, 15) is 4.79 Å². The zero-order valence-corrected chi connectivity index (χ0v) is 11.3. The first-order chi connectivity index (χ1) is 8.17. The second kappa shape index (κ2) is 4.87. The normalized spacial score (nSPS) is 10.8. The molecule has 0 atom stereocenters. The average Bonchev–Trinajstić information content (AvgIpc) is 2.65. The number of carbonyl (C=O) groups is 1. The third kappa shape index (κ3) is 2.20. The number of carbonyl (C=O) groups excluding carboxylic acids is 1. The molecular formula is C12H13BrN2O2. The molecule has 0 saturated carbocycles. The molecule has 4 nitrogen and oxygen atoms in total. The summed E-state index contributed by atoms with van der Waals surface area (Å²) < 4.78 is 7.44. The molecule has 0 bridgehead atoms. The highest BCUT2D eigenvalue weighted by atomic mass is 79.9. The Kier molecular flexibility index (Phi) is 3.47. The number of halogens is 1. The Hall–Kier alpha value is -1.36. The second-order valence-corrected chi connectivity index (χ2v) is 4.48. The van der Waals surface area contributed by atoms with E-state index in [0.29, 0.717) is 5.56 Å². The van der Waals surface area contributed by atoms with Crippen LogP contribution in [0.1, 0.15) is 29.5 Å². The van der Waals surface area contributed by atoms with Gasteiger partial charge in [-0.3, -0.25) is 0 Å². The van der Waals surface area contributed by atoms with Gasteiger partial charge in [-0.15, -0.1) is 0 Å². The molecule has 5 heteroatoms. The van der Waals surface area contributed by atoms with Crippen LogP contribution in [0, 0.1) is 0 Å². The van der Waals surface area contributed by atoms with Gasteiger partial charge in [0, 0.05) is 12.6 Å². The van der Waals surface area contributed by atoms with Crippen LogP contribution in [0.15, 0.2) is 22.9 Å². The van der Waals surface area contributed by atoms with Crippen molar-refractivity contribution in [3.05, 3.63) is 34.3 Å². The Morgan fingerprint density at radius 1 is 1.53 bits per heavy atom. The molecule has 17 heavy (non-hydrogen) atoms. The maximum Gasteiger partial charge on any atom is 0.339 e. The van der Waals surface area contributed by atoms with Crippen LogP contribution in [0.5, 0.6) is 0 Å². The van der Waals surface area contributed by atoms with Gasteiger partial charge in [-0.1, -0.05) is 6.92 Å². The highest BCUT2D eigenvalue weighted by molar-refractivity contribution is 9.10. The van der Waals surface area contributed by atoms with Crippen molar-refractivity contribution in [1.29, 1.82) is 0 Å². The fourth-order valence-corrected chi connectivity index (χ4v) is 2.27. The van der Waals surface area contributed by atoms with Crippen molar-refractivity contribution in [1.82, 2.24) is 9.38 Å². The fourth-order valence-electron chi connectivity index (χ4n) is 1.75. The third-order valence-corrected chi connectivity index (χ3v) is 3.14. The van der Waals surface area contributed by atoms with Crippen LogP contribution in [0.25, 0.3) is 5.52 Å². The Morgan fingerprint density at radius 2 is 2.29 bits per heavy atom. The highest BCUT2D eigenvalue weighted by Gasteiger charge is 2.12. The van der Waals surface area contributed by atoms with Gasteiger partial charge in [0.15, 0.2) is 0 Å². The predicted octanol–water partition coefficient (Wildman–Crippen LogP) is 2.84. The van der Waals surface area contributed by atoms with Gasteiger partial charge < -0.3 is 9.14 Å². The smallest absolute Gasteiger partial charge is 0.339 e. The van der Waals surface area contributed by atoms with Gasteiger partial charge in [0.05, 0.1) is 18.2 Å². The van der Waals surface area contributed by atoms with Crippen LogP contribution >= 0.6 is 15.9 Å². The van der Waals surface area contributed by atoms with Gasteiger partial charge >= 0.3 is 5.97 Å². The Bertz CT molecular complexity index is 563. The SMILES string of the molecule is CCCc1nc(Br)c2ccc(C(=O)OC)cn12. The van der Waals surface area contributed by atoms with Crippen LogP contribution in [-0.2, 0) is 11.2 Å². The zero-order chi connectivity index (χ0) is 12.4. The predicted molar refractivity (Wildman–Crippen MR) is 68.2 cm³/mol. The summed E-state index contributed by atoms with van der Waals surface area (Å²) in [7, 11) is 1.38. The number of hydrogen-bond donors (Lipinski definition) is 0. The number of nitrogens with zero attached hydrogens (tertiary/aromatic N) is 2. The molecule has 90 valence electrons. The maximum atomic E-state index is 11.5. The number of fused-ring (bicyclic) bond motifs is 1. The van der Waals surface area contributed by atoms with Gasteiger partial charge in [0.25, 0.3) is 0 Å². The van der Waals surface area contributed by atoms with Crippen molar-refractivity contribution in [2.24, 2.45) is 0 Å². The minimum Gasteiger partial charge on any atom is -0.465 e. The number of aryl methyl sites for hydroxylation is 1. The van der Waals surface area contributed by atoms with Gasteiger partial charge in [-0.25, -0.2) is 9.78 Å². The van der Waals surface area contributed by atoms with Crippen molar-refractivity contribution in [3.8, 4) is 0 Å². The van der Waals surface area contributed by atoms with Crippen LogP contribution in [0.4, 0.5) is 0 Å². The van der Waals surface area contributed by atoms with Crippen molar-refractivity contribution < 1.29 is 9.53 Å². The number of imidazole rings is 1. The van der Waals surface area contributed by atoms with E-state index in [1.807, 2.05) is 10.5 Å². The van der Waals surface area contributed by atoms with Crippen molar-refractivity contribution in [2.45, 2.75) is 19.8 Å². The van der Waals surface area contributed by atoms with Gasteiger partial charge in [-0.2, -0.15) is 0 Å². The Morgan fingerprint density at radius 3 is 2.94 bits per heavy atom. The summed E-state index contributed by atoms with van der Waals surface area (Å²) in [5.41, 5.74) is 1.49. The standard InChI is InChI=1S/C12H13BrN2O2/c1-3-4-10-14-11(13)9-6-5-8(7-15(9)10)12(16)17-2/h5-7H,3-4H2,1-2H3. The molecule has 0 saturated heterocycles. The van der Waals surface area contributed by atoms with Gasteiger partial charge in [0.1, 0.15) is 10.4 Å². The average molecular weight is 297 g/mol. The van der Waals surface area contributed by atoms with E-state index in [4.69, 9.17) is 4.74 Å². The molecule has 2 aromatic rings. The van der Waals surface area contributed by atoms with E-state index in [1.54, 1.807) is 12.3 Å². The van der Waals surface area contributed by atoms with Crippen LogP contribution in [0.3, 0.4) is 0 Å². The van der Waals surface area contributed by atoms with Crippen LogP contribution < -0.4 is 0 Å². The number of rotatable bonds is 3. The fraction of sp³-hybridized carbons (Fsp3) is 0.333. The highest BCUT2D eigenvalue weighted by Crippen LogP contribution is 2.20. The molecule has 0 radical (unpaired) electrons. The summed E-state index contributed by atoms with van der Waals surface area (Å²) in [5, 5.41) is 0. The zero-order valence-electron chi connectivity index (χ0n) is 9.74. The lowest BCUT2D eigenvalue weighted by Crippen LogP contribution is -2.04. The first-order valence-electron chi connectivity index (χ1n) is 5.42. The minimum absolute atomic E-state index is 0.334. The van der Waals surface area contributed by atoms with Crippen LogP contribution in [0.2, 0.25) is 0 Å². The number of hydrogen-bond acceptors (Lipinski definition) is 3. The van der Waals surface area contributed by atoms with Crippen LogP contribution in [-0.4, -0.2) is 22.5 Å². The van der Waals surface area contributed by atoms with E-state index in [-0.39, 0.29) is 5.97 Å². The van der Waals surface area contributed by atoms with E-state index in [1.165, 1.54) is 7.11 Å². The summed E-state index contributed by atoms with van der Waals surface area (Å²) >= 11 is 3.42. The monoisotopic (exact) mass is 296 g/mol.